The molecule has 0 aliphatic heterocycles. The maximum absolute atomic E-state index is 3.77. The molecule has 0 bridgehead atoms. The van der Waals surface area contributed by atoms with Crippen LogP contribution in [0.15, 0.2) is 0 Å². The van der Waals surface area contributed by atoms with Crippen molar-refractivity contribution >= 4 is 0 Å². The van der Waals surface area contributed by atoms with E-state index in [0.717, 1.165) is 0 Å². The second kappa shape index (κ2) is 17.7. The van der Waals surface area contributed by atoms with Crippen molar-refractivity contribution in [2.75, 3.05) is 0 Å². The molecule has 0 N–H and O–H groups in total. The Bertz CT molecular complexity index is 116. The van der Waals surface area contributed by atoms with Crippen LogP contribution in [0.1, 0.15) is 20.8 Å². The SMILES string of the molecule is [CH2-]C(C)(C)C.[CH]1[CH][CH][CH][CH]1.[CH]1[CH][CH][CH][CH]1.[CH]1[CH][CH][CH][CH]1.[Th]. The Kier molecular flexibility index (Phi) is 20.7. The van der Waals surface area contributed by atoms with Crippen molar-refractivity contribution in [2.45, 2.75) is 20.8 Å². The third-order valence-electron chi connectivity index (χ3n) is 1.67. The molecule has 0 amide bonds. The zero-order valence-electron chi connectivity index (χ0n) is 13.4. The minimum atomic E-state index is 0. The van der Waals surface area contributed by atoms with Crippen LogP contribution in [-0.2, 0) is 0 Å². The van der Waals surface area contributed by atoms with Crippen LogP contribution in [0.2, 0.25) is 0 Å². The molecule has 111 valence electrons. The summed E-state index contributed by atoms with van der Waals surface area (Å²) in [6.45, 7) is 10.0. The predicted molar refractivity (Wildman–Crippen MR) is 89.3 cm³/mol. The molecule has 0 nitrogen and oxygen atoms in total. The van der Waals surface area contributed by atoms with Crippen molar-refractivity contribution in [1.82, 2.24) is 0 Å². The van der Waals surface area contributed by atoms with Gasteiger partial charge in [-0.3, -0.25) is 0 Å². The van der Waals surface area contributed by atoms with E-state index in [0.29, 0.717) is 0 Å². The molecular formula is C20H26Th-. The van der Waals surface area contributed by atoms with Crippen molar-refractivity contribution in [2.24, 2.45) is 5.41 Å². The van der Waals surface area contributed by atoms with Crippen molar-refractivity contribution in [3.05, 3.63) is 103 Å². The Hall–Kier alpha value is 1.32. The molecule has 0 aromatic rings. The average molecular weight is 498 g/mol. The summed E-state index contributed by atoms with van der Waals surface area (Å²) in [7, 11) is 0. The standard InChI is InChI=1S/3C5H5.C5H11.Th/c3*1-2-4-5-3-1;1-5(2,3)4;/h3*1-5H;1H2,2-4H3;/q;;;-1;. The van der Waals surface area contributed by atoms with Crippen molar-refractivity contribution in [3.8, 4) is 0 Å². The van der Waals surface area contributed by atoms with Gasteiger partial charge < -0.3 is 6.92 Å². The Morgan fingerprint density at radius 3 is 0.524 bits per heavy atom. The molecule has 3 fully saturated rings. The van der Waals surface area contributed by atoms with Crippen molar-refractivity contribution < 1.29 is 39.9 Å². The molecule has 0 spiro atoms. The van der Waals surface area contributed by atoms with Gasteiger partial charge in [0.25, 0.3) is 0 Å². The van der Waals surface area contributed by atoms with E-state index in [1.54, 1.807) is 0 Å². The Balaban J connectivity index is 0. The molecule has 0 aromatic carbocycles. The van der Waals surface area contributed by atoms with Gasteiger partial charge in [-0.05, 0) is 96.3 Å². The summed E-state index contributed by atoms with van der Waals surface area (Å²) in [5.41, 5.74) is 0.250. The van der Waals surface area contributed by atoms with Crippen LogP contribution in [-0.4, -0.2) is 0 Å². The number of hydrogen-bond donors (Lipinski definition) is 0. The van der Waals surface area contributed by atoms with E-state index in [2.05, 4.69) is 27.7 Å². The third kappa shape index (κ3) is 29.9. The Morgan fingerprint density at radius 2 is 0.476 bits per heavy atom. The van der Waals surface area contributed by atoms with E-state index >= 15 is 0 Å². The van der Waals surface area contributed by atoms with Gasteiger partial charge in [-0.15, -0.1) is 0 Å². The molecule has 0 saturated heterocycles. The van der Waals surface area contributed by atoms with Crippen molar-refractivity contribution in [1.29, 1.82) is 0 Å². The first-order valence-electron chi connectivity index (χ1n) is 6.85. The van der Waals surface area contributed by atoms with Gasteiger partial charge in [-0.1, -0.05) is 20.8 Å². The predicted octanol–water partition coefficient (Wildman–Crippen LogP) is 4.93. The summed E-state index contributed by atoms with van der Waals surface area (Å²) >= 11 is 0. The smallest absolute Gasteiger partial charge is 0 e. The fourth-order valence-electron chi connectivity index (χ4n) is 0.962. The Morgan fingerprint density at radius 1 is 0.429 bits per heavy atom. The fourth-order valence-corrected chi connectivity index (χ4v) is 0.962. The third-order valence-corrected chi connectivity index (χ3v) is 1.67. The number of hydrogen-bond acceptors (Lipinski definition) is 0. The molecule has 3 rings (SSSR count). The van der Waals surface area contributed by atoms with Gasteiger partial charge in [0.15, 0.2) is 0 Å². The summed E-state index contributed by atoms with van der Waals surface area (Å²) in [6, 6.07) is 0. The molecule has 1 heteroatoms. The van der Waals surface area contributed by atoms with Crippen LogP contribution >= 0.6 is 0 Å². The molecule has 3 saturated carbocycles. The van der Waals surface area contributed by atoms with Gasteiger partial charge >= 0.3 is 0 Å². The largest absolute Gasteiger partial charge is 0.338 e. The van der Waals surface area contributed by atoms with Gasteiger partial charge in [0, 0.05) is 39.9 Å². The second-order valence-corrected chi connectivity index (χ2v) is 5.45. The van der Waals surface area contributed by atoms with Crippen LogP contribution < -0.4 is 0 Å². The van der Waals surface area contributed by atoms with Crippen LogP contribution in [0.4, 0.5) is 0 Å². The Labute approximate surface area is 168 Å². The first kappa shape index (κ1) is 24.6. The van der Waals surface area contributed by atoms with Crippen LogP contribution in [0.3, 0.4) is 0 Å². The summed E-state index contributed by atoms with van der Waals surface area (Å²) in [6.07, 6.45) is 30.0. The molecular weight excluding hydrogens is 472 g/mol. The summed E-state index contributed by atoms with van der Waals surface area (Å²) in [5.74, 6) is 0. The zero-order valence-corrected chi connectivity index (χ0v) is 17.5. The van der Waals surface area contributed by atoms with E-state index in [4.69, 9.17) is 0 Å². The van der Waals surface area contributed by atoms with Gasteiger partial charge in [-0.25, -0.2) is 0 Å². The molecule has 3 aliphatic rings. The van der Waals surface area contributed by atoms with Crippen LogP contribution in [0.25, 0.3) is 0 Å². The maximum Gasteiger partial charge on any atom is 0 e. The molecule has 21 heavy (non-hydrogen) atoms. The first-order chi connectivity index (χ1) is 9.50. The quantitative estimate of drug-likeness (QED) is 0.416. The second-order valence-electron chi connectivity index (χ2n) is 5.45. The molecule has 0 heterocycles. The first-order valence-corrected chi connectivity index (χ1v) is 6.85. The topological polar surface area (TPSA) is 0 Å². The van der Waals surface area contributed by atoms with Crippen LogP contribution in [0.5, 0.6) is 0 Å². The van der Waals surface area contributed by atoms with Gasteiger partial charge in [-0.2, -0.15) is 5.41 Å². The van der Waals surface area contributed by atoms with E-state index in [9.17, 15) is 0 Å². The van der Waals surface area contributed by atoms with Gasteiger partial charge in [0.05, 0.1) is 0 Å². The molecule has 0 unspecified atom stereocenters. The minimum absolute atomic E-state index is 0. The fraction of sp³-hybridized carbons (Fsp3) is 0.200. The molecule has 3 aliphatic carbocycles. The summed E-state index contributed by atoms with van der Waals surface area (Å²) in [5, 5.41) is 0. The normalized spacial score (nSPS) is 20.0. The molecule has 0 aromatic heterocycles. The average Bonchev–Trinajstić information content (AvgIpc) is 3.17. The molecule has 15 radical (unpaired) electrons. The zero-order chi connectivity index (χ0) is 15.1. The minimum Gasteiger partial charge on any atom is -0.338 e. The van der Waals surface area contributed by atoms with Crippen LogP contribution in [0, 0.1) is 149 Å². The van der Waals surface area contributed by atoms with Crippen molar-refractivity contribution in [3.63, 3.8) is 0 Å². The number of rotatable bonds is 0. The van der Waals surface area contributed by atoms with E-state index < -0.39 is 0 Å². The summed E-state index contributed by atoms with van der Waals surface area (Å²) < 4.78 is 0. The molecule has 0 atom stereocenters. The van der Waals surface area contributed by atoms with Gasteiger partial charge in [0.2, 0.25) is 0 Å². The van der Waals surface area contributed by atoms with E-state index in [-0.39, 0.29) is 45.4 Å². The summed E-state index contributed by atoms with van der Waals surface area (Å²) in [4.78, 5) is 0. The van der Waals surface area contributed by atoms with E-state index in [1.807, 2.05) is 96.3 Å². The monoisotopic (exact) mass is 498 g/mol. The van der Waals surface area contributed by atoms with Gasteiger partial charge in [0.1, 0.15) is 0 Å². The van der Waals surface area contributed by atoms with E-state index in [1.165, 1.54) is 0 Å². The maximum atomic E-state index is 3.77.